The molecule has 3 heterocycles. The molecule has 0 aromatic heterocycles. The average molecular weight is 486 g/mol. The SMILES string of the molecule is CC#CCN1C(=O)N[C@@](CCc2ccccc2)(C2CCN(C(=O)[C@@H]3Cc4ccccc4O3)CC2)C1=O. The van der Waals surface area contributed by atoms with Gasteiger partial charge in [-0.1, -0.05) is 54.5 Å². The van der Waals surface area contributed by atoms with Crippen LogP contribution >= 0.6 is 0 Å². The number of para-hydroxylation sites is 1. The fourth-order valence-electron chi connectivity index (χ4n) is 5.70. The maximum atomic E-state index is 13.7. The van der Waals surface area contributed by atoms with Crippen molar-refractivity contribution in [2.24, 2.45) is 5.92 Å². The van der Waals surface area contributed by atoms with E-state index in [-0.39, 0.29) is 30.3 Å². The number of nitrogens with one attached hydrogen (secondary N) is 1. The van der Waals surface area contributed by atoms with Crippen molar-refractivity contribution in [1.82, 2.24) is 15.1 Å². The summed E-state index contributed by atoms with van der Waals surface area (Å²) in [5, 5.41) is 3.07. The van der Waals surface area contributed by atoms with Gasteiger partial charge < -0.3 is 15.0 Å². The van der Waals surface area contributed by atoms with Crippen LogP contribution in [0.3, 0.4) is 0 Å². The number of amides is 4. The Morgan fingerprint density at radius 2 is 1.81 bits per heavy atom. The van der Waals surface area contributed by atoms with E-state index in [4.69, 9.17) is 4.74 Å². The van der Waals surface area contributed by atoms with Crippen molar-refractivity contribution in [3.8, 4) is 17.6 Å². The highest BCUT2D eigenvalue weighted by molar-refractivity contribution is 6.07. The summed E-state index contributed by atoms with van der Waals surface area (Å²) in [5.41, 5.74) is 1.19. The van der Waals surface area contributed by atoms with E-state index >= 15 is 0 Å². The van der Waals surface area contributed by atoms with Crippen molar-refractivity contribution in [3.05, 3.63) is 65.7 Å². The number of piperidine rings is 1. The van der Waals surface area contributed by atoms with Crippen molar-refractivity contribution >= 4 is 17.8 Å². The molecule has 2 atom stereocenters. The minimum absolute atomic E-state index is 0.00961. The summed E-state index contributed by atoms with van der Waals surface area (Å²) in [6.45, 7) is 2.85. The van der Waals surface area contributed by atoms with Gasteiger partial charge in [-0.3, -0.25) is 14.5 Å². The van der Waals surface area contributed by atoms with Crippen LogP contribution < -0.4 is 10.1 Å². The standard InChI is InChI=1S/C29H31N3O4/c1-2-3-17-32-27(34)29(30-28(32)35,16-13-21-9-5-4-6-10-21)23-14-18-31(19-15-23)26(33)25-20-22-11-7-8-12-24(22)36-25/h4-12,23,25H,13-20H2,1H3,(H,30,35)/t25-,29-/m0/s1. The van der Waals surface area contributed by atoms with Gasteiger partial charge in [0, 0.05) is 19.5 Å². The Kier molecular flexibility index (Phi) is 6.69. The Morgan fingerprint density at radius 3 is 2.53 bits per heavy atom. The number of likely N-dealkylation sites (tertiary alicyclic amines) is 1. The lowest BCUT2D eigenvalue weighted by Crippen LogP contribution is -2.57. The molecule has 0 unspecified atom stereocenters. The molecule has 36 heavy (non-hydrogen) atoms. The predicted octanol–water partition coefficient (Wildman–Crippen LogP) is 3.18. The van der Waals surface area contributed by atoms with E-state index in [0.29, 0.717) is 45.2 Å². The van der Waals surface area contributed by atoms with Crippen LogP contribution in [0, 0.1) is 17.8 Å². The first-order valence-corrected chi connectivity index (χ1v) is 12.6. The van der Waals surface area contributed by atoms with E-state index in [1.54, 1.807) is 6.92 Å². The molecule has 5 rings (SSSR count). The average Bonchev–Trinajstić information content (AvgIpc) is 3.45. The molecular formula is C29H31N3O4. The lowest BCUT2D eigenvalue weighted by atomic mass is 9.74. The number of hydrogen-bond acceptors (Lipinski definition) is 4. The summed E-state index contributed by atoms with van der Waals surface area (Å²) in [4.78, 5) is 42.8. The second kappa shape index (κ2) is 10.1. The van der Waals surface area contributed by atoms with E-state index in [9.17, 15) is 14.4 Å². The Bertz CT molecular complexity index is 1180. The molecule has 4 amide bonds. The van der Waals surface area contributed by atoms with Gasteiger partial charge in [0.05, 0.1) is 6.54 Å². The van der Waals surface area contributed by atoms with E-state index in [1.807, 2.05) is 59.5 Å². The van der Waals surface area contributed by atoms with Crippen molar-refractivity contribution in [2.75, 3.05) is 19.6 Å². The number of benzene rings is 2. The lowest BCUT2D eigenvalue weighted by molar-refractivity contribution is -0.140. The highest BCUT2D eigenvalue weighted by Gasteiger charge is 2.55. The van der Waals surface area contributed by atoms with Crippen molar-refractivity contribution < 1.29 is 19.1 Å². The fourth-order valence-corrected chi connectivity index (χ4v) is 5.70. The van der Waals surface area contributed by atoms with Crippen LogP contribution in [-0.2, 0) is 22.4 Å². The highest BCUT2D eigenvalue weighted by atomic mass is 16.5. The Hall–Kier alpha value is -3.79. The number of hydrogen-bond donors (Lipinski definition) is 1. The number of rotatable bonds is 6. The quantitative estimate of drug-likeness (QED) is 0.504. The number of imide groups is 1. The van der Waals surface area contributed by atoms with Crippen LogP contribution in [0.5, 0.6) is 5.75 Å². The van der Waals surface area contributed by atoms with Gasteiger partial charge in [0.2, 0.25) is 0 Å². The van der Waals surface area contributed by atoms with Gasteiger partial charge >= 0.3 is 6.03 Å². The summed E-state index contributed by atoms with van der Waals surface area (Å²) in [6.07, 6.45) is 2.55. The topological polar surface area (TPSA) is 79.0 Å². The number of urea groups is 1. The zero-order chi connectivity index (χ0) is 25.1. The molecule has 2 fully saturated rings. The third-order valence-electron chi connectivity index (χ3n) is 7.69. The predicted molar refractivity (Wildman–Crippen MR) is 135 cm³/mol. The molecule has 2 aromatic carbocycles. The number of fused-ring (bicyclic) bond motifs is 1. The van der Waals surface area contributed by atoms with Crippen LogP contribution in [0.1, 0.15) is 37.3 Å². The van der Waals surface area contributed by atoms with Crippen LogP contribution in [-0.4, -0.2) is 58.9 Å². The van der Waals surface area contributed by atoms with Gasteiger partial charge in [0.1, 0.15) is 11.3 Å². The zero-order valence-electron chi connectivity index (χ0n) is 20.5. The first-order chi connectivity index (χ1) is 17.5. The molecule has 0 saturated carbocycles. The lowest BCUT2D eigenvalue weighted by Gasteiger charge is -2.41. The monoisotopic (exact) mass is 485 g/mol. The van der Waals surface area contributed by atoms with Crippen LogP contribution in [0.2, 0.25) is 0 Å². The molecule has 3 aliphatic rings. The molecule has 0 aliphatic carbocycles. The van der Waals surface area contributed by atoms with Gasteiger partial charge in [-0.05, 0) is 55.7 Å². The summed E-state index contributed by atoms with van der Waals surface area (Å²) < 4.78 is 5.92. The third-order valence-corrected chi connectivity index (χ3v) is 7.69. The molecule has 7 nitrogen and oxygen atoms in total. The van der Waals surface area contributed by atoms with Crippen LogP contribution in [0.25, 0.3) is 0 Å². The van der Waals surface area contributed by atoms with E-state index in [0.717, 1.165) is 16.9 Å². The minimum atomic E-state index is -0.989. The first-order valence-electron chi connectivity index (χ1n) is 12.6. The largest absolute Gasteiger partial charge is 0.480 e. The minimum Gasteiger partial charge on any atom is -0.480 e. The van der Waals surface area contributed by atoms with Gasteiger partial charge in [-0.2, -0.15) is 0 Å². The van der Waals surface area contributed by atoms with E-state index in [1.165, 1.54) is 4.90 Å². The molecule has 0 bridgehead atoms. The number of aryl methyl sites for hydroxylation is 1. The van der Waals surface area contributed by atoms with Crippen molar-refractivity contribution in [1.29, 1.82) is 0 Å². The number of ether oxygens (including phenoxy) is 1. The molecule has 2 saturated heterocycles. The van der Waals surface area contributed by atoms with Gasteiger partial charge in [-0.15, -0.1) is 5.92 Å². The van der Waals surface area contributed by atoms with E-state index in [2.05, 4.69) is 17.2 Å². The Balaban J connectivity index is 1.29. The molecule has 7 heteroatoms. The Labute approximate surface area is 211 Å². The normalized spacial score (nSPS) is 23.5. The van der Waals surface area contributed by atoms with Gasteiger partial charge in [0.15, 0.2) is 6.10 Å². The van der Waals surface area contributed by atoms with Gasteiger partial charge in [-0.25, -0.2) is 4.79 Å². The van der Waals surface area contributed by atoms with Crippen LogP contribution in [0.4, 0.5) is 4.79 Å². The van der Waals surface area contributed by atoms with Crippen molar-refractivity contribution in [3.63, 3.8) is 0 Å². The molecule has 0 spiro atoms. The number of carbonyl (C=O) groups is 3. The maximum Gasteiger partial charge on any atom is 0.325 e. The number of carbonyl (C=O) groups excluding carboxylic acids is 3. The first kappa shape index (κ1) is 23.9. The summed E-state index contributed by atoms with van der Waals surface area (Å²) >= 11 is 0. The second-order valence-electron chi connectivity index (χ2n) is 9.72. The summed E-state index contributed by atoms with van der Waals surface area (Å²) in [7, 11) is 0. The van der Waals surface area contributed by atoms with Crippen molar-refractivity contribution in [2.45, 2.75) is 50.7 Å². The second-order valence-corrected chi connectivity index (χ2v) is 9.72. The molecule has 3 aliphatic heterocycles. The fraction of sp³-hybridized carbons (Fsp3) is 0.414. The Morgan fingerprint density at radius 1 is 1.08 bits per heavy atom. The van der Waals surface area contributed by atoms with Gasteiger partial charge in [0.25, 0.3) is 11.8 Å². The molecule has 0 radical (unpaired) electrons. The molecule has 186 valence electrons. The molecule has 1 N–H and O–H groups in total. The zero-order valence-corrected chi connectivity index (χ0v) is 20.5. The summed E-state index contributed by atoms with van der Waals surface area (Å²) in [5.74, 6) is 6.12. The maximum absolute atomic E-state index is 13.7. The van der Waals surface area contributed by atoms with E-state index < -0.39 is 11.6 Å². The summed E-state index contributed by atoms with van der Waals surface area (Å²) in [6, 6.07) is 17.4. The molecule has 2 aromatic rings. The highest BCUT2D eigenvalue weighted by Crippen LogP contribution is 2.38. The number of nitrogens with zero attached hydrogens (tertiary/aromatic N) is 2. The van der Waals surface area contributed by atoms with Crippen LogP contribution in [0.15, 0.2) is 54.6 Å². The third kappa shape index (κ3) is 4.44. The molecular weight excluding hydrogens is 454 g/mol. The smallest absolute Gasteiger partial charge is 0.325 e.